The first kappa shape index (κ1) is 13.4. The van der Waals surface area contributed by atoms with Gasteiger partial charge < -0.3 is 16.2 Å². The van der Waals surface area contributed by atoms with Gasteiger partial charge >= 0.3 is 0 Å². The molecule has 100 valence electrons. The van der Waals surface area contributed by atoms with Crippen LogP contribution >= 0.6 is 0 Å². The van der Waals surface area contributed by atoms with Crippen molar-refractivity contribution in [1.82, 2.24) is 0 Å². The number of anilines is 1. The van der Waals surface area contributed by atoms with E-state index in [-0.39, 0.29) is 6.04 Å². The minimum absolute atomic E-state index is 0.214. The third-order valence-electron chi connectivity index (χ3n) is 3.28. The zero-order chi connectivity index (χ0) is 14.0. The van der Waals surface area contributed by atoms with E-state index in [1.165, 1.54) is 5.56 Å². The van der Waals surface area contributed by atoms with Gasteiger partial charge in [0.15, 0.2) is 0 Å². The highest BCUT2D eigenvalue weighted by Crippen LogP contribution is 2.32. The van der Waals surface area contributed by atoms with E-state index in [4.69, 9.17) is 16.2 Å². The van der Waals surface area contributed by atoms with Gasteiger partial charge in [-0.25, -0.2) is 0 Å². The number of benzene rings is 2. The monoisotopic (exact) mass is 256 g/mol. The first-order valence-corrected chi connectivity index (χ1v) is 6.29. The van der Waals surface area contributed by atoms with Crippen molar-refractivity contribution in [2.75, 3.05) is 12.8 Å². The van der Waals surface area contributed by atoms with Crippen molar-refractivity contribution in [3.8, 4) is 5.75 Å². The number of nitrogen functional groups attached to an aromatic ring is 1. The molecule has 0 spiro atoms. The van der Waals surface area contributed by atoms with Crippen LogP contribution in [0.3, 0.4) is 0 Å². The van der Waals surface area contributed by atoms with Gasteiger partial charge in [-0.3, -0.25) is 0 Å². The minimum Gasteiger partial charge on any atom is -0.496 e. The van der Waals surface area contributed by atoms with E-state index >= 15 is 0 Å². The maximum atomic E-state index is 6.36. The Hall–Kier alpha value is -2.00. The maximum absolute atomic E-state index is 6.36. The number of methoxy groups -OCH3 is 1. The first-order valence-electron chi connectivity index (χ1n) is 6.29. The molecule has 0 fully saturated rings. The summed E-state index contributed by atoms with van der Waals surface area (Å²) < 4.78 is 5.49. The van der Waals surface area contributed by atoms with Crippen molar-refractivity contribution in [2.24, 2.45) is 5.73 Å². The topological polar surface area (TPSA) is 61.3 Å². The molecule has 19 heavy (non-hydrogen) atoms. The average molecular weight is 256 g/mol. The molecule has 1 atom stereocenters. The maximum Gasteiger partial charge on any atom is 0.126 e. The molecule has 0 amide bonds. The predicted molar refractivity (Wildman–Crippen MR) is 79.4 cm³/mol. The smallest absolute Gasteiger partial charge is 0.126 e. The highest BCUT2D eigenvalue weighted by molar-refractivity contribution is 5.49. The van der Waals surface area contributed by atoms with Crippen molar-refractivity contribution < 1.29 is 4.74 Å². The molecule has 0 aliphatic rings. The third kappa shape index (κ3) is 2.71. The Morgan fingerprint density at radius 1 is 1.05 bits per heavy atom. The number of nitrogens with two attached hydrogens (primary N) is 2. The molecule has 3 heteroatoms. The van der Waals surface area contributed by atoms with Crippen LogP contribution in [0.2, 0.25) is 0 Å². The molecule has 0 saturated carbocycles. The Morgan fingerprint density at radius 2 is 1.68 bits per heavy atom. The van der Waals surface area contributed by atoms with Gasteiger partial charge in [-0.05, 0) is 37.1 Å². The molecule has 0 aromatic heterocycles. The second-order valence-electron chi connectivity index (χ2n) is 4.85. The van der Waals surface area contributed by atoms with Crippen LogP contribution in [0.25, 0.3) is 0 Å². The second-order valence-corrected chi connectivity index (χ2v) is 4.85. The van der Waals surface area contributed by atoms with Crippen molar-refractivity contribution in [3.05, 3.63) is 58.7 Å². The summed E-state index contributed by atoms with van der Waals surface area (Å²) in [6.07, 6.45) is 0. The van der Waals surface area contributed by atoms with Crippen LogP contribution < -0.4 is 16.2 Å². The summed E-state index contributed by atoms with van der Waals surface area (Å²) in [5.41, 5.74) is 17.1. The molecule has 0 bridgehead atoms. The Kier molecular flexibility index (Phi) is 3.76. The molecule has 4 N–H and O–H groups in total. The van der Waals surface area contributed by atoms with Crippen LogP contribution in [0.5, 0.6) is 5.75 Å². The molecule has 2 aromatic carbocycles. The Labute approximate surface area is 114 Å². The molecule has 0 aliphatic heterocycles. The Bertz CT molecular complexity index is 576. The van der Waals surface area contributed by atoms with Gasteiger partial charge in [0.1, 0.15) is 5.75 Å². The van der Waals surface area contributed by atoms with E-state index < -0.39 is 0 Å². The molecule has 1 unspecified atom stereocenters. The van der Waals surface area contributed by atoms with E-state index in [1.54, 1.807) is 7.11 Å². The first-order chi connectivity index (χ1) is 9.02. The summed E-state index contributed by atoms with van der Waals surface area (Å²) in [6, 6.07) is 11.6. The highest BCUT2D eigenvalue weighted by Gasteiger charge is 2.16. The lowest BCUT2D eigenvalue weighted by molar-refractivity contribution is 0.404. The molecule has 2 rings (SSSR count). The van der Waals surface area contributed by atoms with Gasteiger partial charge in [0, 0.05) is 11.3 Å². The quantitative estimate of drug-likeness (QED) is 0.830. The number of ether oxygens (including phenoxy) is 1. The normalized spacial score (nSPS) is 12.2. The second kappa shape index (κ2) is 5.33. The third-order valence-corrected chi connectivity index (χ3v) is 3.28. The fourth-order valence-electron chi connectivity index (χ4n) is 2.38. The lowest BCUT2D eigenvalue weighted by atomic mass is 9.95. The number of hydrogen-bond donors (Lipinski definition) is 2. The zero-order valence-electron chi connectivity index (χ0n) is 11.6. The van der Waals surface area contributed by atoms with Gasteiger partial charge in [0.05, 0.1) is 13.2 Å². The Morgan fingerprint density at radius 3 is 2.26 bits per heavy atom. The molecular weight excluding hydrogens is 236 g/mol. The van der Waals surface area contributed by atoms with Crippen molar-refractivity contribution in [1.29, 1.82) is 0 Å². The van der Waals surface area contributed by atoms with Gasteiger partial charge in [0.25, 0.3) is 0 Å². The van der Waals surface area contributed by atoms with Gasteiger partial charge in [0.2, 0.25) is 0 Å². The van der Waals surface area contributed by atoms with E-state index in [0.717, 1.165) is 28.1 Å². The standard InChI is InChI=1S/C16H20N2O/c1-10-8-11(2)16(19-3)14(9-10)15(18)12-4-6-13(17)7-5-12/h4-9,15H,17-18H2,1-3H3. The Balaban J connectivity index is 2.48. The minimum atomic E-state index is -0.214. The number of rotatable bonds is 3. The highest BCUT2D eigenvalue weighted by atomic mass is 16.5. The molecular formula is C16H20N2O. The fourth-order valence-corrected chi connectivity index (χ4v) is 2.38. The van der Waals surface area contributed by atoms with Crippen LogP contribution in [0.1, 0.15) is 28.3 Å². The summed E-state index contributed by atoms with van der Waals surface area (Å²) in [5, 5.41) is 0. The molecule has 0 aliphatic carbocycles. The van der Waals surface area contributed by atoms with E-state index in [0.29, 0.717) is 0 Å². The van der Waals surface area contributed by atoms with E-state index in [2.05, 4.69) is 19.1 Å². The molecule has 0 heterocycles. The average Bonchev–Trinajstić information content (AvgIpc) is 2.38. The fraction of sp³-hybridized carbons (Fsp3) is 0.250. The molecule has 2 aromatic rings. The van der Waals surface area contributed by atoms with E-state index in [1.807, 2.05) is 31.2 Å². The lowest BCUT2D eigenvalue weighted by Gasteiger charge is -2.19. The summed E-state index contributed by atoms with van der Waals surface area (Å²) in [5.74, 6) is 0.856. The van der Waals surface area contributed by atoms with Crippen LogP contribution in [-0.4, -0.2) is 7.11 Å². The zero-order valence-corrected chi connectivity index (χ0v) is 11.6. The SMILES string of the molecule is COc1c(C)cc(C)cc1C(N)c1ccc(N)cc1. The lowest BCUT2D eigenvalue weighted by Crippen LogP contribution is -2.14. The summed E-state index contributed by atoms with van der Waals surface area (Å²) in [7, 11) is 1.68. The predicted octanol–water partition coefficient (Wildman–Crippen LogP) is 2.94. The molecule has 0 saturated heterocycles. The van der Waals surface area contributed by atoms with E-state index in [9.17, 15) is 0 Å². The largest absolute Gasteiger partial charge is 0.496 e. The summed E-state index contributed by atoms with van der Waals surface area (Å²) in [6.45, 7) is 4.09. The van der Waals surface area contributed by atoms with Gasteiger partial charge in [-0.15, -0.1) is 0 Å². The van der Waals surface area contributed by atoms with Crippen LogP contribution in [-0.2, 0) is 0 Å². The number of aryl methyl sites for hydroxylation is 2. The molecule has 0 radical (unpaired) electrons. The van der Waals surface area contributed by atoms with Crippen LogP contribution in [0, 0.1) is 13.8 Å². The van der Waals surface area contributed by atoms with Crippen LogP contribution in [0.4, 0.5) is 5.69 Å². The van der Waals surface area contributed by atoms with Gasteiger partial charge in [-0.2, -0.15) is 0 Å². The van der Waals surface area contributed by atoms with Crippen molar-refractivity contribution in [2.45, 2.75) is 19.9 Å². The van der Waals surface area contributed by atoms with Crippen molar-refractivity contribution in [3.63, 3.8) is 0 Å². The summed E-state index contributed by atoms with van der Waals surface area (Å²) in [4.78, 5) is 0. The number of hydrogen-bond acceptors (Lipinski definition) is 3. The molecule has 3 nitrogen and oxygen atoms in total. The van der Waals surface area contributed by atoms with Gasteiger partial charge in [-0.1, -0.05) is 29.8 Å². The summed E-state index contributed by atoms with van der Waals surface area (Å²) >= 11 is 0. The van der Waals surface area contributed by atoms with Crippen LogP contribution in [0.15, 0.2) is 36.4 Å². The van der Waals surface area contributed by atoms with Crippen molar-refractivity contribution >= 4 is 5.69 Å².